The molecule has 0 aromatic heterocycles. The summed E-state index contributed by atoms with van der Waals surface area (Å²) >= 11 is 0. The number of piperidine rings is 1. The molecule has 1 N–H and O–H groups in total. The van der Waals surface area contributed by atoms with Gasteiger partial charge in [-0.3, -0.25) is 4.79 Å². The largest absolute Gasteiger partial charge is 0.313 e. The number of hydrogen-bond acceptors (Lipinski definition) is 2. The molecule has 1 aliphatic heterocycles. The van der Waals surface area contributed by atoms with E-state index < -0.39 is 0 Å². The molecule has 2 unspecified atom stereocenters. The van der Waals surface area contributed by atoms with E-state index >= 15 is 0 Å². The van der Waals surface area contributed by atoms with Gasteiger partial charge in [0.05, 0.1) is 11.6 Å². The monoisotopic (exact) mass is 264 g/mol. The Labute approximate surface area is 113 Å². The van der Waals surface area contributed by atoms with Crippen molar-refractivity contribution in [1.82, 2.24) is 5.32 Å². The standard InChI is InChI=1S/C15H21FN2O/c1-3-18(14-9-5-4-8-13(14)16)15(19)12-7-6-10-17-11(12)2/h4-5,8-9,11-12,17H,3,6-7,10H2,1-2H3. The van der Waals surface area contributed by atoms with Gasteiger partial charge in [0.1, 0.15) is 5.82 Å². The summed E-state index contributed by atoms with van der Waals surface area (Å²) in [7, 11) is 0. The molecule has 0 aliphatic carbocycles. The highest BCUT2D eigenvalue weighted by Gasteiger charge is 2.31. The van der Waals surface area contributed by atoms with Crippen LogP contribution in [0, 0.1) is 11.7 Å². The highest BCUT2D eigenvalue weighted by Crippen LogP contribution is 2.25. The fraction of sp³-hybridized carbons (Fsp3) is 0.533. The van der Waals surface area contributed by atoms with Crippen LogP contribution in [0.15, 0.2) is 24.3 Å². The molecule has 3 nitrogen and oxygen atoms in total. The number of benzene rings is 1. The summed E-state index contributed by atoms with van der Waals surface area (Å²) in [5.41, 5.74) is 0.382. The zero-order valence-corrected chi connectivity index (χ0v) is 11.5. The summed E-state index contributed by atoms with van der Waals surface area (Å²) in [6.07, 6.45) is 1.87. The van der Waals surface area contributed by atoms with Crippen molar-refractivity contribution in [2.24, 2.45) is 5.92 Å². The van der Waals surface area contributed by atoms with Gasteiger partial charge in [-0.15, -0.1) is 0 Å². The molecule has 4 heteroatoms. The minimum absolute atomic E-state index is 0.0206. The number of rotatable bonds is 3. The number of carbonyl (C=O) groups is 1. The van der Waals surface area contributed by atoms with Crippen molar-refractivity contribution in [2.75, 3.05) is 18.0 Å². The van der Waals surface area contributed by atoms with Crippen LogP contribution in [0.25, 0.3) is 0 Å². The molecule has 1 fully saturated rings. The third kappa shape index (κ3) is 2.95. The van der Waals surface area contributed by atoms with Gasteiger partial charge >= 0.3 is 0 Å². The molecule has 104 valence electrons. The van der Waals surface area contributed by atoms with Gasteiger partial charge in [0.2, 0.25) is 5.91 Å². The van der Waals surface area contributed by atoms with E-state index in [0.29, 0.717) is 12.2 Å². The molecule has 2 rings (SSSR count). The van der Waals surface area contributed by atoms with Crippen LogP contribution in [0.4, 0.5) is 10.1 Å². The van der Waals surface area contributed by atoms with Crippen LogP contribution in [0.5, 0.6) is 0 Å². The Morgan fingerprint density at radius 2 is 2.21 bits per heavy atom. The van der Waals surface area contributed by atoms with Crippen LogP contribution >= 0.6 is 0 Å². The third-order valence-electron chi connectivity index (χ3n) is 3.80. The lowest BCUT2D eigenvalue weighted by atomic mass is 9.90. The predicted octanol–water partition coefficient (Wildman–Crippen LogP) is 2.57. The van der Waals surface area contributed by atoms with E-state index in [1.54, 1.807) is 23.1 Å². The molecule has 1 aliphatic rings. The van der Waals surface area contributed by atoms with Crippen molar-refractivity contribution >= 4 is 11.6 Å². The lowest BCUT2D eigenvalue weighted by molar-refractivity contribution is -0.123. The quantitative estimate of drug-likeness (QED) is 0.910. The van der Waals surface area contributed by atoms with Gasteiger partial charge in [0.25, 0.3) is 0 Å². The van der Waals surface area contributed by atoms with E-state index in [1.807, 2.05) is 13.8 Å². The zero-order valence-electron chi connectivity index (χ0n) is 11.5. The predicted molar refractivity (Wildman–Crippen MR) is 74.6 cm³/mol. The number of nitrogens with one attached hydrogen (secondary N) is 1. The third-order valence-corrected chi connectivity index (χ3v) is 3.80. The van der Waals surface area contributed by atoms with Crippen molar-refractivity contribution in [1.29, 1.82) is 0 Å². The Morgan fingerprint density at radius 3 is 2.84 bits per heavy atom. The van der Waals surface area contributed by atoms with Crippen LogP contribution in [0.2, 0.25) is 0 Å². The van der Waals surface area contributed by atoms with Gasteiger partial charge in [-0.05, 0) is 45.4 Å². The number of carbonyl (C=O) groups excluding carboxylic acids is 1. The van der Waals surface area contributed by atoms with Crippen LogP contribution in [0.3, 0.4) is 0 Å². The first-order valence-corrected chi connectivity index (χ1v) is 6.94. The molecule has 0 saturated carbocycles. The van der Waals surface area contributed by atoms with E-state index in [2.05, 4.69) is 5.32 Å². The molecule has 0 bridgehead atoms. The van der Waals surface area contributed by atoms with E-state index in [4.69, 9.17) is 0 Å². The number of anilines is 1. The summed E-state index contributed by atoms with van der Waals surface area (Å²) in [4.78, 5) is 14.2. The number of hydrogen-bond donors (Lipinski definition) is 1. The highest BCUT2D eigenvalue weighted by atomic mass is 19.1. The Bertz CT molecular complexity index is 450. The van der Waals surface area contributed by atoms with Gasteiger partial charge < -0.3 is 10.2 Å². The van der Waals surface area contributed by atoms with Gasteiger partial charge in [-0.2, -0.15) is 0 Å². The first-order chi connectivity index (χ1) is 9.15. The number of halogens is 1. The van der Waals surface area contributed by atoms with E-state index in [1.165, 1.54) is 6.07 Å². The molecule has 1 heterocycles. The first-order valence-electron chi connectivity index (χ1n) is 6.94. The lowest BCUT2D eigenvalue weighted by Crippen LogP contribution is -2.48. The van der Waals surface area contributed by atoms with Crippen LogP contribution < -0.4 is 10.2 Å². The van der Waals surface area contributed by atoms with Crippen molar-refractivity contribution in [2.45, 2.75) is 32.7 Å². The molecule has 0 spiro atoms. The molecular weight excluding hydrogens is 243 g/mol. The van der Waals surface area contributed by atoms with Gasteiger partial charge in [-0.1, -0.05) is 12.1 Å². The lowest BCUT2D eigenvalue weighted by Gasteiger charge is -2.33. The maximum absolute atomic E-state index is 13.8. The van der Waals surface area contributed by atoms with E-state index in [9.17, 15) is 9.18 Å². The molecule has 0 radical (unpaired) electrons. The van der Waals surface area contributed by atoms with E-state index in [0.717, 1.165) is 19.4 Å². The maximum atomic E-state index is 13.8. The van der Waals surface area contributed by atoms with Crippen LogP contribution in [0.1, 0.15) is 26.7 Å². The second-order valence-electron chi connectivity index (χ2n) is 5.03. The fourth-order valence-electron chi connectivity index (χ4n) is 2.70. The molecule has 1 saturated heterocycles. The fourth-order valence-corrected chi connectivity index (χ4v) is 2.70. The van der Waals surface area contributed by atoms with Gasteiger partial charge in [-0.25, -0.2) is 4.39 Å². The molecule has 1 aromatic carbocycles. The Morgan fingerprint density at radius 1 is 1.47 bits per heavy atom. The van der Waals surface area contributed by atoms with Gasteiger partial charge in [0, 0.05) is 12.6 Å². The summed E-state index contributed by atoms with van der Waals surface area (Å²) in [6, 6.07) is 6.62. The Kier molecular flexibility index (Phi) is 4.53. The van der Waals surface area contributed by atoms with Crippen molar-refractivity contribution in [3.8, 4) is 0 Å². The Hall–Kier alpha value is -1.42. The average Bonchev–Trinajstić information content (AvgIpc) is 2.42. The summed E-state index contributed by atoms with van der Waals surface area (Å²) in [6.45, 7) is 5.35. The summed E-state index contributed by atoms with van der Waals surface area (Å²) in [5, 5.41) is 3.32. The maximum Gasteiger partial charge on any atom is 0.231 e. The van der Waals surface area contributed by atoms with Crippen molar-refractivity contribution in [3.63, 3.8) is 0 Å². The molecule has 1 aromatic rings. The smallest absolute Gasteiger partial charge is 0.231 e. The number of amides is 1. The van der Waals surface area contributed by atoms with E-state index in [-0.39, 0.29) is 23.7 Å². The first kappa shape index (κ1) is 14.0. The normalized spacial score (nSPS) is 23.1. The summed E-state index contributed by atoms with van der Waals surface area (Å²) in [5.74, 6) is -0.380. The van der Waals surface area contributed by atoms with Gasteiger partial charge in [0.15, 0.2) is 0 Å². The van der Waals surface area contributed by atoms with Crippen LogP contribution in [-0.4, -0.2) is 25.0 Å². The summed E-state index contributed by atoms with van der Waals surface area (Å²) < 4.78 is 13.8. The number of para-hydroxylation sites is 1. The average molecular weight is 264 g/mol. The molecule has 19 heavy (non-hydrogen) atoms. The second-order valence-corrected chi connectivity index (χ2v) is 5.03. The minimum atomic E-state index is -0.339. The van der Waals surface area contributed by atoms with Crippen LogP contribution in [-0.2, 0) is 4.79 Å². The molecule has 2 atom stereocenters. The number of nitrogens with zero attached hydrogens (tertiary/aromatic N) is 1. The zero-order chi connectivity index (χ0) is 13.8. The second kappa shape index (κ2) is 6.15. The molecular formula is C15H21FN2O. The minimum Gasteiger partial charge on any atom is -0.313 e. The highest BCUT2D eigenvalue weighted by molar-refractivity contribution is 5.95. The topological polar surface area (TPSA) is 32.3 Å². The van der Waals surface area contributed by atoms with Crippen molar-refractivity contribution in [3.05, 3.63) is 30.1 Å². The van der Waals surface area contributed by atoms with Crippen molar-refractivity contribution < 1.29 is 9.18 Å². The molecule has 1 amide bonds. The SMILES string of the molecule is CCN(C(=O)C1CCCNC1C)c1ccccc1F. The Balaban J connectivity index is 2.22.